The van der Waals surface area contributed by atoms with Crippen LogP contribution in [0.25, 0.3) is 0 Å². The van der Waals surface area contributed by atoms with Gasteiger partial charge in [0, 0.05) is 0 Å². The van der Waals surface area contributed by atoms with Crippen LogP contribution in [-0.2, 0) is 9.59 Å². The van der Waals surface area contributed by atoms with Crippen molar-refractivity contribution in [2.75, 3.05) is 0 Å². The Kier molecular flexibility index (Phi) is 7.27. The number of hydrogen-bond acceptors (Lipinski definition) is 4. The molecular weight excluding hydrogens is 332 g/mol. The summed E-state index contributed by atoms with van der Waals surface area (Å²) in [5.41, 5.74) is 2.23. The molecule has 0 aromatic rings. The highest BCUT2D eigenvalue weighted by Crippen LogP contribution is 2.45. The van der Waals surface area contributed by atoms with Crippen LogP contribution in [0.2, 0.25) is 0 Å². The molecule has 4 N–H and O–H groups in total. The molecule has 1 rings (SSSR count). The zero-order valence-corrected chi connectivity index (χ0v) is 17.3. The van der Waals surface area contributed by atoms with Gasteiger partial charge in [0.2, 0.25) is 11.8 Å². The van der Waals surface area contributed by atoms with E-state index in [2.05, 4.69) is 0 Å². The minimum atomic E-state index is -1.20. The maximum atomic E-state index is 13.5. The van der Waals surface area contributed by atoms with Gasteiger partial charge < -0.3 is 20.8 Å². The van der Waals surface area contributed by atoms with Gasteiger partial charge in [0.15, 0.2) is 0 Å². The highest BCUT2D eigenvalue weighted by atomic mass is 16.3. The van der Waals surface area contributed by atoms with E-state index in [9.17, 15) is 19.8 Å². The summed E-state index contributed by atoms with van der Waals surface area (Å²) in [5, 5.41) is 22.2. The fraction of sp³-hybridized carbons (Fsp3) is 0.900. The van der Waals surface area contributed by atoms with Crippen molar-refractivity contribution in [3.8, 4) is 0 Å². The highest BCUT2D eigenvalue weighted by molar-refractivity contribution is 6.05. The summed E-state index contributed by atoms with van der Waals surface area (Å²) in [6.45, 7) is 11.1. The molecular formula is C20H38N2O4. The molecule has 0 radical (unpaired) electrons. The van der Waals surface area contributed by atoms with E-state index in [-0.39, 0.29) is 5.91 Å². The molecule has 6 heteroatoms. The van der Waals surface area contributed by atoms with Crippen LogP contribution in [0.5, 0.6) is 0 Å². The standard InChI is InChI=1S/C20H38N2O4/c1-7-19(25,8-2)14(5)22(15(6)20(26,9-3)10-4)17(24)18(16(21)23)12-11-13-18/h14-15,25-26H,7-13H2,1-6H3,(H2,21,23)/t14-,15-/m1/s1. The van der Waals surface area contributed by atoms with Gasteiger partial charge in [-0.15, -0.1) is 0 Å². The van der Waals surface area contributed by atoms with Crippen LogP contribution < -0.4 is 5.73 Å². The SMILES string of the molecule is CCC(O)(CC)[C@@H](C)N(C(=O)C1(C(N)=O)CCC1)[C@H](C)C(O)(CC)CC. The van der Waals surface area contributed by atoms with Gasteiger partial charge in [-0.3, -0.25) is 9.59 Å². The Morgan fingerprint density at radius 3 is 1.50 bits per heavy atom. The first-order chi connectivity index (χ1) is 12.0. The number of amides is 2. The van der Waals surface area contributed by atoms with E-state index in [0.717, 1.165) is 6.42 Å². The van der Waals surface area contributed by atoms with E-state index >= 15 is 0 Å². The second kappa shape index (κ2) is 8.26. The van der Waals surface area contributed by atoms with Gasteiger partial charge in [0.05, 0.1) is 23.3 Å². The Morgan fingerprint density at radius 2 is 1.31 bits per heavy atom. The van der Waals surface area contributed by atoms with E-state index in [1.165, 1.54) is 0 Å². The number of rotatable bonds is 10. The van der Waals surface area contributed by atoms with E-state index in [1.54, 1.807) is 18.7 Å². The van der Waals surface area contributed by atoms with Crippen molar-refractivity contribution < 1.29 is 19.8 Å². The van der Waals surface area contributed by atoms with Gasteiger partial charge in [-0.05, 0) is 52.4 Å². The predicted octanol–water partition coefficient (Wildman–Crippen LogP) is 2.35. The molecule has 152 valence electrons. The number of carbonyl (C=O) groups is 2. The van der Waals surface area contributed by atoms with Crippen molar-refractivity contribution >= 4 is 11.8 Å². The molecule has 0 heterocycles. The van der Waals surface area contributed by atoms with Crippen molar-refractivity contribution in [2.24, 2.45) is 11.1 Å². The van der Waals surface area contributed by atoms with Crippen LogP contribution in [0.3, 0.4) is 0 Å². The summed E-state index contributed by atoms with van der Waals surface area (Å²) in [5.74, 6) is -0.955. The van der Waals surface area contributed by atoms with Crippen LogP contribution in [0.1, 0.15) is 86.5 Å². The lowest BCUT2D eigenvalue weighted by Crippen LogP contribution is -2.66. The maximum Gasteiger partial charge on any atom is 0.238 e. The number of aliphatic hydroxyl groups is 2. The summed E-state index contributed by atoms with van der Waals surface area (Å²) in [6, 6.07) is -1.08. The summed E-state index contributed by atoms with van der Waals surface area (Å²) < 4.78 is 0. The monoisotopic (exact) mass is 370 g/mol. The Hall–Kier alpha value is -1.14. The second-order valence-corrected chi connectivity index (χ2v) is 7.99. The lowest BCUT2D eigenvalue weighted by Gasteiger charge is -2.52. The fourth-order valence-electron chi connectivity index (χ4n) is 4.23. The molecule has 0 aliphatic heterocycles. The highest BCUT2D eigenvalue weighted by Gasteiger charge is 2.55. The van der Waals surface area contributed by atoms with Crippen LogP contribution >= 0.6 is 0 Å². The topological polar surface area (TPSA) is 104 Å². The molecule has 26 heavy (non-hydrogen) atoms. The summed E-state index contributed by atoms with van der Waals surface area (Å²) in [6.07, 6.45) is 3.55. The smallest absolute Gasteiger partial charge is 0.238 e. The van der Waals surface area contributed by atoms with Gasteiger partial charge in [-0.2, -0.15) is 0 Å². The number of carbonyl (C=O) groups excluding carboxylic acids is 2. The molecule has 1 saturated carbocycles. The molecule has 1 aliphatic carbocycles. The zero-order chi connectivity index (χ0) is 20.3. The van der Waals surface area contributed by atoms with Crippen LogP contribution in [0.4, 0.5) is 0 Å². The molecule has 6 nitrogen and oxygen atoms in total. The molecule has 2 atom stereocenters. The Labute approximate surface area is 158 Å². The largest absolute Gasteiger partial charge is 0.388 e. The molecule has 0 saturated heterocycles. The third-order valence-corrected chi connectivity index (χ3v) is 7.16. The number of nitrogens with two attached hydrogens (primary N) is 1. The third-order valence-electron chi connectivity index (χ3n) is 7.16. The minimum Gasteiger partial charge on any atom is -0.388 e. The van der Waals surface area contributed by atoms with Crippen LogP contribution in [0.15, 0.2) is 0 Å². The zero-order valence-electron chi connectivity index (χ0n) is 17.3. The second-order valence-electron chi connectivity index (χ2n) is 7.99. The van der Waals surface area contributed by atoms with E-state index in [4.69, 9.17) is 5.73 Å². The quantitative estimate of drug-likeness (QED) is 0.513. The van der Waals surface area contributed by atoms with E-state index in [1.807, 2.05) is 27.7 Å². The van der Waals surface area contributed by atoms with Crippen LogP contribution in [0, 0.1) is 5.41 Å². The molecule has 0 unspecified atom stereocenters. The van der Waals surface area contributed by atoms with Crippen molar-refractivity contribution in [1.82, 2.24) is 4.90 Å². The molecule has 0 spiro atoms. The van der Waals surface area contributed by atoms with Crippen LogP contribution in [-0.4, -0.2) is 50.2 Å². The van der Waals surface area contributed by atoms with Crippen molar-refractivity contribution in [1.29, 1.82) is 0 Å². The van der Waals surface area contributed by atoms with Crippen molar-refractivity contribution in [2.45, 2.75) is 110 Å². The number of primary amides is 1. The van der Waals surface area contributed by atoms with Gasteiger partial charge in [-0.25, -0.2) is 0 Å². The molecule has 1 fully saturated rings. The first-order valence-corrected chi connectivity index (χ1v) is 10.1. The van der Waals surface area contributed by atoms with E-state index < -0.39 is 34.6 Å². The third kappa shape index (κ3) is 3.63. The van der Waals surface area contributed by atoms with Gasteiger partial charge in [-0.1, -0.05) is 34.1 Å². The minimum absolute atomic E-state index is 0.350. The Balaban J connectivity index is 3.43. The average Bonchev–Trinajstić information content (AvgIpc) is 2.58. The maximum absolute atomic E-state index is 13.5. The molecule has 0 aromatic carbocycles. The van der Waals surface area contributed by atoms with Crippen molar-refractivity contribution in [3.05, 3.63) is 0 Å². The first kappa shape index (κ1) is 22.9. The number of hydrogen-bond donors (Lipinski definition) is 3. The van der Waals surface area contributed by atoms with Gasteiger partial charge >= 0.3 is 0 Å². The summed E-state index contributed by atoms with van der Waals surface area (Å²) in [7, 11) is 0. The van der Waals surface area contributed by atoms with Gasteiger partial charge in [0.1, 0.15) is 5.41 Å². The Morgan fingerprint density at radius 1 is 0.962 bits per heavy atom. The van der Waals surface area contributed by atoms with E-state index in [0.29, 0.717) is 38.5 Å². The predicted molar refractivity (Wildman–Crippen MR) is 102 cm³/mol. The van der Waals surface area contributed by atoms with Gasteiger partial charge in [0.25, 0.3) is 0 Å². The molecule has 0 aromatic heterocycles. The molecule has 2 amide bonds. The number of nitrogens with zero attached hydrogens (tertiary/aromatic N) is 1. The molecule has 1 aliphatic rings. The Bertz CT molecular complexity index is 484. The lowest BCUT2D eigenvalue weighted by molar-refractivity contribution is -0.174. The molecule has 0 bridgehead atoms. The summed E-state index contributed by atoms with van der Waals surface area (Å²) >= 11 is 0. The fourth-order valence-corrected chi connectivity index (χ4v) is 4.23. The lowest BCUT2D eigenvalue weighted by atomic mass is 9.66. The normalized spacial score (nSPS) is 19.4. The van der Waals surface area contributed by atoms with Crippen molar-refractivity contribution in [3.63, 3.8) is 0 Å². The summed E-state index contributed by atoms with van der Waals surface area (Å²) in [4.78, 5) is 27.2. The first-order valence-electron chi connectivity index (χ1n) is 10.1. The average molecular weight is 371 g/mol.